The zero-order chi connectivity index (χ0) is 11.0. The molecule has 5 heteroatoms. The fourth-order valence-electron chi connectivity index (χ4n) is 1.54. The Morgan fingerprint density at radius 2 is 2.27 bits per heavy atom. The molecule has 0 saturated heterocycles. The number of nitrogens with zero attached hydrogens (tertiary/aromatic N) is 2. The molecule has 0 atom stereocenters. The van der Waals surface area contributed by atoms with Gasteiger partial charge in [0.05, 0.1) is 19.0 Å². The minimum Gasteiger partial charge on any atom is -0.464 e. The van der Waals surface area contributed by atoms with Crippen molar-refractivity contribution >= 4 is 22.7 Å². The van der Waals surface area contributed by atoms with Gasteiger partial charge in [-0.2, -0.15) is 0 Å². The lowest BCUT2D eigenvalue weighted by atomic mass is 10.3. The Labute approximate surface area is 86.5 Å². The molecule has 0 aromatic carbocycles. The number of esters is 1. The van der Waals surface area contributed by atoms with Crippen molar-refractivity contribution in [3.8, 4) is 0 Å². The Morgan fingerprint density at radius 1 is 1.53 bits per heavy atom. The van der Waals surface area contributed by atoms with E-state index >= 15 is 0 Å². The summed E-state index contributed by atoms with van der Waals surface area (Å²) in [5.74, 6) is -0.380. The van der Waals surface area contributed by atoms with E-state index in [1.807, 2.05) is 0 Å². The van der Waals surface area contributed by atoms with Gasteiger partial charge in [0.15, 0.2) is 0 Å². The third-order valence-corrected chi connectivity index (χ3v) is 2.28. The molecule has 0 aliphatic heterocycles. The van der Waals surface area contributed by atoms with Crippen LogP contribution in [0.3, 0.4) is 0 Å². The summed E-state index contributed by atoms with van der Waals surface area (Å²) in [6.07, 6.45) is 1.56. The van der Waals surface area contributed by atoms with Crippen molar-refractivity contribution in [1.29, 1.82) is 0 Å². The minimum absolute atomic E-state index is 0.380. The molecule has 0 radical (unpaired) electrons. The van der Waals surface area contributed by atoms with E-state index in [0.29, 0.717) is 17.0 Å². The fraction of sp³-hybridized carbons (Fsp3) is 0.200. The highest BCUT2D eigenvalue weighted by Gasteiger charge is 2.13. The number of carbonyl (C=O) groups is 1. The van der Waals surface area contributed by atoms with E-state index in [9.17, 15) is 4.79 Å². The smallest absolute Gasteiger partial charge is 0.354 e. The van der Waals surface area contributed by atoms with Crippen LogP contribution in [0.4, 0.5) is 5.69 Å². The van der Waals surface area contributed by atoms with Gasteiger partial charge in [0.1, 0.15) is 11.3 Å². The number of pyridine rings is 1. The molecule has 0 bridgehead atoms. The van der Waals surface area contributed by atoms with E-state index in [2.05, 4.69) is 9.72 Å². The van der Waals surface area contributed by atoms with E-state index < -0.39 is 0 Å². The van der Waals surface area contributed by atoms with E-state index in [1.165, 1.54) is 7.11 Å². The fourth-order valence-corrected chi connectivity index (χ4v) is 1.54. The van der Waals surface area contributed by atoms with Crippen LogP contribution < -0.4 is 5.73 Å². The summed E-state index contributed by atoms with van der Waals surface area (Å²) in [6, 6.07) is 3.49. The normalized spacial score (nSPS) is 10.5. The third-order valence-electron chi connectivity index (χ3n) is 2.28. The van der Waals surface area contributed by atoms with Crippen LogP contribution in [0.1, 0.15) is 10.5 Å². The molecule has 0 spiro atoms. The van der Waals surface area contributed by atoms with Crippen LogP contribution in [-0.4, -0.2) is 22.6 Å². The topological polar surface area (TPSA) is 70.1 Å². The molecule has 15 heavy (non-hydrogen) atoms. The number of carbonyl (C=O) groups excluding carboxylic acids is 1. The number of nitrogens with two attached hydrogens (primary N) is 1. The maximum Gasteiger partial charge on any atom is 0.354 e. The summed E-state index contributed by atoms with van der Waals surface area (Å²) >= 11 is 0. The standard InChI is InChI=1S/C10H11N3O2/c1-13-8(10(14)15-2)4-6-3-7(11)5-12-9(6)13/h3-5H,11H2,1-2H3. The molecule has 0 unspecified atom stereocenters. The molecule has 78 valence electrons. The molecule has 2 aromatic rings. The van der Waals surface area contributed by atoms with Gasteiger partial charge < -0.3 is 15.0 Å². The lowest BCUT2D eigenvalue weighted by Gasteiger charge is -2.00. The van der Waals surface area contributed by atoms with Crippen LogP contribution in [0.2, 0.25) is 0 Å². The predicted octanol–water partition coefficient (Wildman–Crippen LogP) is 0.942. The van der Waals surface area contributed by atoms with Gasteiger partial charge in [0.2, 0.25) is 0 Å². The van der Waals surface area contributed by atoms with Crippen molar-refractivity contribution in [1.82, 2.24) is 9.55 Å². The second-order valence-electron chi connectivity index (χ2n) is 3.26. The van der Waals surface area contributed by atoms with Crippen molar-refractivity contribution in [3.63, 3.8) is 0 Å². The number of ether oxygens (including phenoxy) is 1. The van der Waals surface area contributed by atoms with E-state index in [4.69, 9.17) is 5.73 Å². The first-order chi connectivity index (χ1) is 7.13. The first-order valence-electron chi connectivity index (χ1n) is 4.42. The highest BCUT2D eigenvalue weighted by atomic mass is 16.5. The van der Waals surface area contributed by atoms with Crippen LogP contribution in [0.15, 0.2) is 18.3 Å². The predicted molar refractivity (Wildman–Crippen MR) is 56.5 cm³/mol. The van der Waals surface area contributed by atoms with Gasteiger partial charge in [-0.3, -0.25) is 0 Å². The molecule has 2 N–H and O–H groups in total. The van der Waals surface area contributed by atoms with Gasteiger partial charge in [-0.25, -0.2) is 9.78 Å². The summed E-state index contributed by atoms with van der Waals surface area (Å²) in [6.45, 7) is 0. The number of hydrogen-bond acceptors (Lipinski definition) is 4. The Morgan fingerprint density at radius 3 is 2.93 bits per heavy atom. The summed E-state index contributed by atoms with van der Waals surface area (Å²) in [4.78, 5) is 15.5. The molecule has 0 amide bonds. The van der Waals surface area contributed by atoms with Gasteiger partial charge >= 0.3 is 5.97 Å². The molecule has 2 rings (SSSR count). The van der Waals surface area contributed by atoms with Crippen molar-refractivity contribution < 1.29 is 9.53 Å². The summed E-state index contributed by atoms with van der Waals surface area (Å²) < 4.78 is 6.34. The number of fused-ring (bicyclic) bond motifs is 1. The Bertz CT molecular complexity index is 531. The van der Waals surface area contributed by atoms with Gasteiger partial charge in [0.25, 0.3) is 0 Å². The largest absolute Gasteiger partial charge is 0.464 e. The van der Waals surface area contributed by atoms with Crippen molar-refractivity contribution in [3.05, 3.63) is 24.0 Å². The van der Waals surface area contributed by atoms with Crippen LogP contribution >= 0.6 is 0 Å². The van der Waals surface area contributed by atoms with Crippen molar-refractivity contribution in [2.24, 2.45) is 7.05 Å². The molecule has 5 nitrogen and oxygen atoms in total. The number of aromatic nitrogens is 2. The Hall–Kier alpha value is -2.04. The minimum atomic E-state index is -0.380. The lowest BCUT2D eigenvalue weighted by Crippen LogP contribution is -2.07. The summed E-state index contributed by atoms with van der Waals surface area (Å²) in [7, 11) is 3.11. The number of anilines is 1. The summed E-state index contributed by atoms with van der Waals surface area (Å²) in [5.41, 5.74) is 7.35. The first kappa shape index (κ1) is 9.51. The number of methoxy groups -OCH3 is 1. The third kappa shape index (κ3) is 1.41. The number of nitrogen functional groups attached to an aromatic ring is 1. The lowest BCUT2D eigenvalue weighted by molar-refractivity contribution is 0.0590. The second-order valence-corrected chi connectivity index (χ2v) is 3.26. The molecular formula is C10H11N3O2. The van der Waals surface area contributed by atoms with Gasteiger partial charge in [-0.1, -0.05) is 0 Å². The van der Waals surface area contributed by atoms with Crippen LogP contribution in [0.25, 0.3) is 11.0 Å². The van der Waals surface area contributed by atoms with Gasteiger partial charge in [0, 0.05) is 12.4 Å². The maximum atomic E-state index is 11.4. The number of aryl methyl sites for hydroxylation is 1. The average molecular weight is 205 g/mol. The monoisotopic (exact) mass is 205 g/mol. The molecule has 0 aliphatic carbocycles. The average Bonchev–Trinajstić information content (AvgIpc) is 2.54. The zero-order valence-electron chi connectivity index (χ0n) is 8.52. The molecule has 2 aromatic heterocycles. The van der Waals surface area contributed by atoms with Crippen LogP contribution in [0.5, 0.6) is 0 Å². The SMILES string of the molecule is COC(=O)c1cc2cc(N)cnc2n1C. The highest BCUT2D eigenvalue weighted by molar-refractivity contribution is 5.94. The van der Waals surface area contributed by atoms with Gasteiger partial charge in [-0.15, -0.1) is 0 Å². The van der Waals surface area contributed by atoms with E-state index in [0.717, 1.165) is 5.39 Å². The molecule has 2 heterocycles. The first-order valence-corrected chi connectivity index (χ1v) is 4.42. The van der Waals surface area contributed by atoms with Crippen molar-refractivity contribution in [2.75, 3.05) is 12.8 Å². The van der Waals surface area contributed by atoms with Gasteiger partial charge in [-0.05, 0) is 12.1 Å². The molecule has 0 fully saturated rings. The number of hydrogen-bond donors (Lipinski definition) is 1. The van der Waals surface area contributed by atoms with Crippen molar-refractivity contribution in [2.45, 2.75) is 0 Å². The summed E-state index contributed by atoms with van der Waals surface area (Å²) in [5, 5.41) is 0.831. The number of rotatable bonds is 1. The van der Waals surface area contributed by atoms with Crippen LogP contribution in [0, 0.1) is 0 Å². The Kier molecular flexibility index (Phi) is 2.07. The second kappa shape index (κ2) is 3.27. The van der Waals surface area contributed by atoms with Crippen LogP contribution in [-0.2, 0) is 11.8 Å². The Balaban J connectivity index is 2.69. The van der Waals surface area contributed by atoms with E-state index in [1.54, 1.807) is 29.9 Å². The molecule has 0 saturated carbocycles. The maximum absolute atomic E-state index is 11.4. The quantitative estimate of drug-likeness (QED) is 0.703. The highest BCUT2D eigenvalue weighted by Crippen LogP contribution is 2.19. The zero-order valence-corrected chi connectivity index (χ0v) is 8.52. The molecule has 0 aliphatic rings. The molecular weight excluding hydrogens is 194 g/mol. The van der Waals surface area contributed by atoms with E-state index in [-0.39, 0.29) is 5.97 Å².